The molecule has 0 atom stereocenters. The molecule has 27 heavy (non-hydrogen) atoms. The predicted molar refractivity (Wildman–Crippen MR) is 104 cm³/mol. The second-order valence-electron chi connectivity index (χ2n) is 6.40. The van der Waals surface area contributed by atoms with Gasteiger partial charge >= 0.3 is 0 Å². The van der Waals surface area contributed by atoms with E-state index in [-0.39, 0.29) is 11.8 Å². The van der Waals surface area contributed by atoms with Gasteiger partial charge in [0.05, 0.1) is 17.7 Å². The lowest BCUT2D eigenvalue weighted by Crippen LogP contribution is -2.31. The van der Waals surface area contributed by atoms with Gasteiger partial charge < -0.3 is 4.74 Å². The minimum absolute atomic E-state index is 0.221. The zero-order chi connectivity index (χ0) is 18.6. The van der Waals surface area contributed by atoms with Crippen molar-refractivity contribution in [3.05, 3.63) is 90.0 Å². The second-order valence-corrected chi connectivity index (χ2v) is 6.40. The van der Waals surface area contributed by atoms with Gasteiger partial charge in [-0.15, -0.1) is 0 Å². The second kappa shape index (κ2) is 7.46. The molecule has 4 rings (SSSR count). The highest BCUT2D eigenvalue weighted by atomic mass is 16.5. The highest BCUT2D eigenvalue weighted by molar-refractivity contribution is 6.21. The van der Waals surface area contributed by atoms with Crippen molar-refractivity contribution in [2.75, 3.05) is 13.2 Å². The molecule has 0 radical (unpaired) electrons. The lowest BCUT2D eigenvalue weighted by atomic mass is 10.1. The molecule has 1 aliphatic rings. The topological polar surface area (TPSA) is 46.6 Å². The van der Waals surface area contributed by atoms with Gasteiger partial charge in [0.1, 0.15) is 5.75 Å². The van der Waals surface area contributed by atoms with Crippen LogP contribution in [0.2, 0.25) is 0 Å². The van der Waals surface area contributed by atoms with Gasteiger partial charge in [0.15, 0.2) is 0 Å². The van der Waals surface area contributed by atoms with Crippen LogP contribution in [0.1, 0.15) is 27.1 Å². The summed E-state index contributed by atoms with van der Waals surface area (Å²) in [4.78, 5) is 26.0. The Hall–Kier alpha value is -3.40. The smallest absolute Gasteiger partial charge is 0.261 e. The van der Waals surface area contributed by atoms with Gasteiger partial charge in [-0.25, -0.2) is 0 Å². The zero-order valence-electron chi connectivity index (χ0n) is 14.8. The molecule has 0 unspecified atom stereocenters. The van der Waals surface area contributed by atoms with Crippen molar-refractivity contribution in [2.45, 2.75) is 6.42 Å². The van der Waals surface area contributed by atoms with Crippen LogP contribution in [0, 0.1) is 0 Å². The minimum Gasteiger partial charge on any atom is -0.494 e. The third-order valence-electron chi connectivity index (χ3n) is 4.61. The number of amides is 2. The Balaban J connectivity index is 1.34. The number of hydrogen-bond donors (Lipinski definition) is 0. The number of imide groups is 1. The molecular weight excluding hydrogens is 338 g/mol. The number of nitrogens with zero attached hydrogens (tertiary/aromatic N) is 1. The fourth-order valence-corrected chi connectivity index (χ4v) is 3.25. The van der Waals surface area contributed by atoms with Crippen LogP contribution in [0.4, 0.5) is 0 Å². The number of carbonyl (C=O) groups excluding carboxylic acids is 2. The number of rotatable bonds is 6. The molecule has 0 N–H and O–H groups in total. The van der Waals surface area contributed by atoms with Gasteiger partial charge in [0.25, 0.3) is 11.8 Å². The lowest BCUT2D eigenvalue weighted by Gasteiger charge is -2.14. The lowest BCUT2D eigenvalue weighted by molar-refractivity contribution is 0.0647. The molecule has 0 bridgehead atoms. The van der Waals surface area contributed by atoms with E-state index in [2.05, 4.69) is 12.1 Å². The molecule has 0 spiro atoms. The van der Waals surface area contributed by atoms with Crippen LogP contribution < -0.4 is 4.74 Å². The average Bonchev–Trinajstić information content (AvgIpc) is 2.97. The molecule has 0 saturated carbocycles. The fourth-order valence-electron chi connectivity index (χ4n) is 3.25. The summed E-state index contributed by atoms with van der Waals surface area (Å²) in [5.74, 6) is 0.335. The van der Waals surface area contributed by atoms with E-state index in [4.69, 9.17) is 4.74 Å². The highest BCUT2D eigenvalue weighted by Gasteiger charge is 2.34. The van der Waals surface area contributed by atoms with Gasteiger partial charge in [-0.2, -0.15) is 0 Å². The highest BCUT2D eigenvalue weighted by Crippen LogP contribution is 2.24. The van der Waals surface area contributed by atoms with E-state index in [1.807, 2.05) is 42.5 Å². The van der Waals surface area contributed by atoms with Crippen molar-refractivity contribution in [1.82, 2.24) is 4.90 Å². The van der Waals surface area contributed by atoms with Gasteiger partial charge in [-0.1, -0.05) is 54.6 Å². The minimum atomic E-state index is -0.221. The monoisotopic (exact) mass is 357 g/mol. The first-order valence-electron chi connectivity index (χ1n) is 8.97. The molecule has 3 aromatic rings. The largest absolute Gasteiger partial charge is 0.494 e. The molecule has 3 aromatic carbocycles. The summed E-state index contributed by atoms with van der Waals surface area (Å²) >= 11 is 0. The van der Waals surface area contributed by atoms with Gasteiger partial charge in [-0.3, -0.25) is 14.5 Å². The summed E-state index contributed by atoms with van der Waals surface area (Å²) in [6.07, 6.45) is 0.584. The third-order valence-corrected chi connectivity index (χ3v) is 4.61. The summed E-state index contributed by atoms with van der Waals surface area (Å²) in [6, 6.07) is 25.0. The van der Waals surface area contributed by atoms with Crippen LogP contribution in [0.3, 0.4) is 0 Å². The fraction of sp³-hybridized carbons (Fsp3) is 0.130. The first-order chi connectivity index (χ1) is 13.2. The molecule has 4 nitrogen and oxygen atoms in total. The SMILES string of the molecule is O=C1c2ccccc2C(=O)N1CCCOc1cccc(-c2ccccc2)c1. The quantitative estimate of drug-likeness (QED) is 0.485. The van der Waals surface area contributed by atoms with Crippen LogP contribution in [-0.2, 0) is 0 Å². The third kappa shape index (κ3) is 3.47. The summed E-state index contributed by atoms with van der Waals surface area (Å²) in [7, 11) is 0. The van der Waals surface area contributed by atoms with Crippen LogP contribution in [0.15, 0.2) is 78.9 Å². The van der Waals surface area contributed by atoms with Gasteiger partial charge in [0, 0.05) is 6.54 Å². The van der Waals surface area contributed by atoms with E-state index in [1.165, 1.54) is 4.90 Å². The Bertz CT molecular complexity index is 947. The molecule has 0 fully saturated rings. The van der Waals surface area contributed by atoms with Crippen molar-refractivity contribution in [3.63, 3.8) is 0 Å². The van der Waals surface area contributed by atoms with E-state index in [0.717, 1.165) is 16.9 Å². The standard InChI is InChI=1S/C23H19NO3/c25-22-20-12-4-5-13-21(20)23(26)24(22)14-7-15-27-19-11-6-10-18(16-19)17-8-2-1-3-9-17/h1-6,8-13,16H,7,14-15H2. The van der Waals surface area contributed by atoms with E-state index >= 15 is 0 Å². The van der Waals surface area contributed by atoms with Crippen LogP contribution in [0.25, 0.3) is 11.1 Å². The summed E-state index contributed by atoms with van der Waals surface area (Å²) < 4.78 is 5.83. The number of fused-ring (bicyclic) bond motifs is 1. The number of hydrogen-bond acceptors (Lipinski definition) is 3. The van der Waals surface area contributed by atoms with E-state index in [9.17, 15) is 9.59 Å². The van der Waals surface area contributed by atoms with Gasteiger partial charge in [0.2, 0.25) is 0 Å². The normalized spacial score (nSPS) is 13.0. The van der Waals surface area contributed by atoms with Crippen molar-refractivity contribution in [1.29, 1.82) is 0 Å². The van der Waals surface area contributed by atoms with E-state index in [0.29, 0.717) is 30.7 Å². The molecular formula is C23H19NO3. The number of ether oxygens (including phenoxy) is 1. The molecule has 134 valence electrons. The number of carbonyl (C=O) groups is 2. The van der Waals surface area contributed by atoms with E-state index < -0.39 is 0 Å². The Morgan fingerprint density at radius 2 is 1.33 bits per heavy atom. The first-order valence-corrected chi connectivity index (χ1v) is 8.97. The van der Waals surface area contributed by atoms with Crippen molar-refractivity contribution >= 4 is 11.8 Å². The maximum atomic E-state index is 12.3. The number of benzene rings is 3. The molecule has 4 heteroatoms. The summed E-state index contributed by atoms with van der Waals surface area (Å²) in [6.45, 7) is 0.788. The average molecular weight is 357 g/mol. The molecule has 0 saturated heterocycles. The van der Waals surface area contributed by atoms with Crippen LogP contribution in [-0.4, -0.2) is 29.9 Å². The van der Waals surface area contributed by atoms with E-state index in [1.54, 1.807) is 24.3 Å². The summed E-state index contributed by atoms with van der Waals surface area (Å²) in [5.41, 5.74) is 3.19. The Labute approximate surface area is 158 Å². The Morgan fingerprint density at radius 3 is 2.04 bits per heavy atom. The Morgan fingerprint density at radius 1 is 0.704 bits per heavy atom. The molecule has 0 aromatic heterocycles. The van der Waals surface area contributed by atoms with Crippen molar-refractivity contribution in [2.24, 2.45) is 0 Å². The van der Waals surface area contributed by atoms with Crippen molar-refractivity contribution < 1.29 is 14.3 Å². The molecule has 1 heterocycles. The molecule has 2 amide bonds. The Kier molecular flexibility index (Phi) is 4.71. The zero-order valence-corrected chi connectivity index (χ0v) is 14.8. The predicted octanol–water partition coefficient (Wildman–Crippen LogP) is 4.42. The van der Waals surface area contributed by atoms with Crippen LogP contribution in [0.5, 0.6) is 5.75 Å². The molecule has 1 aliphatic heterocycles. The summed E-state index contributed by atoms with van der Waals surface area (Å²) in [5, 5.41) is 0. The van der Waals surface area contributed by atoms with Gasteiger partial charge in [-0.05, 0) is 41.8 Å². The molecule has 0 aliphatic carbocycles. The first kappa shape index (κ1) is 17.0. The maximum absolute atomic E-state index is 12.3. The van der Waals surface area contributed by atoms with Crippen LogP contribution >= 0.6 is 0 Å². The maximum Gasteiger partial charge on any atom is 0.261 e. The van der Waals surface area contributed by atoms with Crippen molar-refractivity contribution in [3.8, 4) is 16.9 Å².